The Labute approximate surface area is 165 Å². The Hall–Kier alpha value is -2.25. The quantitative estimate of drug-likeness (QED) is 0.516. The van der Waals surface area contributed by atoms with Crippen LogP contribution in [0.3, 0.4) is 0 Å². The third-order valence-electron chi connectivity index (χ3n) is 4.31. The maximum Gasteiger partial charge on any atom is 0.501 e. The molecule has 0 atom stereocenters. The molecule has 0 amide bonds. The summed E-state index contributed by atoms with van der Waals surface area (Å²) in [4.78, 5) is 2.23. The number of aryl methyl sites for hydroxylation is 2. The number of rotatable bonds is 4. The zero-order chi connectivity index (χ0) is 20.5. The summed E-state index contributed by atoms with van der Waals surface area (Å²) in [7, 11) is -6.43. The molecule has 3 aromatic carbocycles. The van der Waals surface area contributed by atoms with Gasteiger partial charge in [-0.1, -0.05) is 36.4 Å². The molecule has 7 heteroatoms. The Morgan fingerprint density at radius 2 is 1.11 bits per heavy atom. The minimum atomic E-state index is -5.40. The molecule has 3 rings (SSSR count). The summed E-state index contributed by atoms with van der Waals surface area (Å²) in [6, 6.07) is 22.5. The Balaban J connectivity index is 2.21. The molecule has 0 heterocycles. The van der Waals surface area contributed by atoms with Crippen molar-refractivity contribution in [3.63, 3.8) is 0 Å². The van der Waals surface area contributed by atoms with E-state index in [-0.39, 0.29) is 11.1 Å². The molecule has 0 aliphatic rings. The molecule has 0 spiro atoms. The van der Waals surface area contributed by atoms with Gasteiger partial charge in [0.2, 0.25) is 0 Å². The van der Waals surface area contributed by atoms with Crippen molar-refractivity contribution in [2.45, 2.75) is 38.9 Å². The highest BCUT2D eigenvalue weighted by atomic mass is 32.2. The van der Waals surface area contributed by atoms with Crippen LogP contribution in [0, 0.1) is 13.8 Å². The van der Waals surface area contributed by atoms with Crippen molar-refractivity contribution in [2.75, 3.05) is 0 Å². The lowest BCUT2D eigenvalue weighted by molar-refractivity contribution is -0.0436. The number of benzene rings is 3. The molecule has 0 aliphatic carbocycles. The van der Waals surface area contributed by atoms with Crippen LogP contribution in [0.1, 0.15) is 11.1 Å². The van der Waals surface area contributed by atoms with Gasteiger partial charge in [-0.15, -0.1) is 0 Å². The highest BCUT2D eigenvalue weighted by molar-refractivity contribution is 8.17. The predicted molar refractivity (Wildman–Crippen MR) is 106 cm³/mol. The van der Waals surface area contributed by atoms with Gasteiger partial charge in [-0.25, -0.2) is 8.42 Å². The molecule has 0 N–H and O–H groups in total. The number of halogens is 3. The van der Waals surface area contributed by atoms with Crippen LogP contribution in [0.2, 0.25) is 0 Å². The molecule has 28 heavy (non-hydrogen) atoms. The van der Waals surface area contributed by atoms with Crippen LogP contribution < -0.4 is 0 Å². The van der Waals surface area contributed by atoms with Crippen molar-refractivity contribution in [3.05, 3.63) is 83.9 Å². The minimum absolute atomic E-state index is 0.103. The van der Waals surface area contributed by atoms with Crippen molar-refractivity contribution in [3.8, 4) is 0 Å². The minimum Gasteiger partial charge on any atom is -0.214 e. The Bertz CT molecular complexity index is 1020. The summed E-state index contributed by atoms with van der Waals surface area (Å²) in [5, 5.41) is 0. The number of hydrogen-bond acceptors (Lipinski definition) is 2. The van der Waals surface area contributed by atoms with Gasteiger partial charge in [-0.3, -0.25) is 0 Å². The lowest BCUT2D eigenvalue weighted by Crippen LogP contribution is -2.25. The van der Waals surface area contributed by atoms with Gasteiger partial charge in [-0.2, -0.15) is 24.1 Å². The van der Waals surface area contributed by atoms with E-state index in [4.69, 9.17) is 0 Å². The van der Waals surface area contributed by atoms with Crippen LogP contribution >= 0.6 is 10.9 Å². The van der Waals surface area contributed by atoms with Crippen molar-refractivity contribution in [2.24, 2.45) is 0 Å². The Kier molecular flexibility index (Phi) is 5.59. The first kappa shape index (κ1) is 20.5. The maximum atomic E-state index is 13.1. The van der Waals surface area contributed by atoms with Gasteiger partial charge in [0.05, 0.1) is 4.90 Å². The summed E-state index contributed by atoms with van der Waals surface area (Å²) < 4.78 is 63.2. The normalized spacial score (nSPS) is 12.7. The predicted octanol–water partition coefficient (Wildman–Crippen LogP) is 6.08. The van der Waals surface area contributed by atoms with Gasteiger partial charge >= 0.3 is 5.51 Å². The van der Waals surface area contributed by atoms with Crippen molar-refractivity contribution >= 4 is 20.7 Å². The first-order valence-electron chi connectivity index (χ1n) is 8.46. The highest BCUT2D eigenvalue weighted by Gasteiger charge is 2.48. The lowest BCUT2D eigenvalue weighted by Gasteiger charge is -2.25. The molecule has 0 radical (unpaired) electrons. The summed E-state index contributed by atoms with van der Waals surface area (Å²) >= 11 is 0. The van der Waals surface area contributed by atoms with E-state index in [0.29, 0.717) is 0 Å². The van der Waals surface area contributed by atoms with Crippen LogP contribution in [0.4, 0.5) is 13.2 Å². The van der Waals surface area contributed by atoms with E-state index in [1.807, 2.05) is 60.7 Å². The third kappa shape index (κ3) is 3.82. The SMILES string of the molecule is Cc1cc([SH](c2ccccc2)c2ccccc2)cc(C)c1S(=O)(=O)C(F)(F)F. The van der Waals surface area contributed by atoms with Crippen LogP contribution in [0.15, 0.2) is 92.4 Å². The van der Waals surface area contributed by atoms with Crippen molar-refractivity contribution < 1.29 is 21.6 Å². The van der Waals surface area contributed by atoms with E-state index < -0.39 is 31.1 Å². The van der Waals surface area contributed by atoms with E-state index in [2.05, 4.69) is 0 Å². The van der Waals surface area contributed by atoms with E-state index in [1.54, 1.807) is 12.1 Å². The van der Waals surface area contributed by atoms with E-state index >= 15 is 0 Å². The zero-order valence-electron chi connectivity index (χ0n) is 15.2. The molecule has 0 aromatic heterocycles. The molecule has 2 nitrogen and oxygen atoms in total. The second kappa shape index (κ2) is 7.64. The largest absolute Gasteiger partial charge is 0.501 e. The topological polar surface area (TPSA) is 34.1 Å². The van der Waals surface area contributed by atoms with Gasteiger partial charge in [0.15, 0.2) is 0 Å². The highest BCUT2D eigenvalue weighted by Crippen LogP contribution is 2.52. The van der Waals surface area contributed by atoms with Gasteiger partial charge in [0, 0.05) is 0 Å². The van der Waals surface area contributed by atoms with Gasteiger partial charge in [0.25, 0.3) is 9.84 Å². The van der Waals surface area contributed by atoms with Gasteiger partial charge in [0.1, 0.15) is 0 Å². The van der Waals surface area contributed by atoms with Gasteiger partial charge in [-0.05, 0) is 76.1 Å². The summed E-state index contributed by atoms with van der Waals surface area (Å²) in [6.45, 7) is 2.83. The Morgan fingerprint density at radius 3 is 1.46 bits per heavy atom. The summed E-state index contributed by atoms with van der Waals surface area (Å²) in [5.41, 5.74) is -5.12. The maximum absolute atomic E-state index is 13.1. The third-order valence-corrected chi connectivity index (χ3v) is 8.50. The van der Waals surface area contributed by atoms with Crippen molar-refractivity contribution in [1.82, 2.24) is 0 Å². The first-order valence-corrected chi connectivity index (χ1v) is 11.3. The molecule has 148 valence electrons. The van der Waals surface area contributed by atoms with Crippen LogP contribution in [0.5, 0.6) is 0 Å². The van der Waals surface area contributed by atoms with Crippen LogP contribution in [0.25, 0.3) is 0 Å². The fraction of sp³-hybridized carbons (Fsp3) is 0.143. The molecule has 0 saturated heterocycles. The average Bonchev–Trinajstić information content (AvgIpc) is 2.62. The number of alkyl halides is 3. The fourth-order valence-electron chi connectivity index (χ4n) is 3.20. The lowest BCUT2D eigenvalue weighted by atomic mass is 10.1. The van der Waals surface area contributed by atoms with Gasteiger partial charge < -0.3 is 0 Å². The number of sulfone groups is 1. The summed E-state index contributed by atoms with van der Waals surface area (Å²) in [6.07, 6.45) is 0. The smallest absolute Gasteiger partial charge is 0.214 e. The average molecular weight is 425 g/mol. The molecule has 0 bridgehead atoms. The molecule has 0 fully saturated rings. The zero-order valence-corrected chi connectivity index (χ0v) is 16.9. The van der Waals surface area contributed by atoms with E-state index in [1.165, 1.54) is 13.8 Å². The van der Waals surface area contributed by atoms with Crippen molar-refractivity contribution in [1.29, 1.82) is 0 Å². The summed E-state index contributed by atoms with van der Waals surface area (Å²) in [5.74, 6) is 0. The molecule has 0 aliphatic heterocycles. The van der Waals surface area contributed by atoms with Crippen LogP contribution in [-0.2, 0) is 9.84 Å². The molecule has 0 saturated carbocycles. The standard InChI is InChI=1S/C21H19F3O2S2/c1-15-13-19(14-16(2)20(15)28(25,26)21(22,23)24)27(17-9-5-3-6-10-17)18-11-7-4-8-12-18/h3-14,27H,1-2H3. The second-order valence-corrected chi connectivity index (χ2v) is 10.5. The molecular formula is C21H19F3O2S2. The molecule has 3 aromatic rings. The Morgan fingerprint density at radius 1 is 0.714 bits per heavy atom. The fourth-order valence-corrected chi connectivity index (χ4v) is 6.88. The first-order chi connectivity index (χ1) is 13.1. The van der Waals surface area contributed by atoms with E-state index in [0.717, 1.165) is 14.7 Å². The van der Waals surface area contributed by atoms with E-state index in [9.17, 15) is 21.6 Å². The number of hydrogen-bond donors (Lipinski definition) is 1. The molecular weight excluding hydrogens is 405 g/mol. The number of thiol groups is 1. The molecule has 0 unspecified atom stereocenters. The monoisotopic (exact) mass is 424 g/mol. The van der Waals surface area contributed by atoms with Crippen LogP contribution in [-0.4, -0.2) is 13.9 Å². The second-order valence-electron chi connectivity index (χ2n) is 6.36.